The number of aliphatic hydroxyl groups is 1. The van der Waals surface area contributed by atoms with Crippen LogP contribution in [0.4, 0.5) is 0 Å². The normalized spacial score (nSPS) is 16.0. The molecule has 0 unspecified atom stereocenters. The molecule has 8 heteroatoms. The summed E-state index contributed by atoms with van der Waals surface area (Å²) in [5.41, 5.74) is 1.27. The van der Waals surface area contributed by atoms with Crippen molar-refractivity contribution in [1.82, 2.24) is 0 Å². The molecular formula is C22H26O8. The minimum absolute atomic E-state index is 0.159. The van der Waals surface area contributed by atoms with Crippen LogP contribution in [-0.4, -0.2) is 51.2 Å². The van der Waals surface area contributed by atoms with E-state index in [1.807, 2.05) is 0 Å². The quantitative estimate of drug-likeness (QED) is 0.622. The van der Waals surface area contributed by atoms with Gasteiger partial charge in [-0.15, -0.1) is 0 Å². The second-order valence-electron chi connectivity index (χ2n) is 6.49. The van der Waals surface area contributed by atoms with Crippen molar-refractivity contribution in [3.05, 3.63) is 53.6 Å². The number of aliphatic hydroxyl groups excluding tert-OH is 1. The van der Waals surface area contributed by atoms with Crippen LogP contribution in [0, 0.1) is 0 Å². The summed E-state index contributed by atoms with van der Waals surface area (Å²) in [7, 11) is 3.01. The average Bonchev–Trinajstić information content (AvgIpc) is 3.32. The van der Waals surface area contributed by atoms with Gasteiger partial charge in [0.2, 0.25) is 6.10 Å². The number of esters is 1. The number of hydrogen-bond donors (Lipinski definition) is 1. The number of hydrogen-bond acceptors (Lipinski definition) is 8. The van der Waals surface area contributed by atoms with Crippen LogP contribution < -0.4 is 14.2 Å². The number of carbonyl (C=O) groups is 1. The third kappa shape index (κ3) is 5.02. The van der Waals surface area contributed by atoms with Crippen LogP contribution in [0.15, 0.2) is 42.5 Å². The molecule has 30 heavy (non-hydrogen) atoms. The molecule has 0 saturated carbocycles. The Morgan fingerprint density at radius 1 is 1.07 bits per heavy atom. The lowest BCUT2D eigenvalue weighted by Gasteiger charge is -2.23. The number of rotatable bonds is 9. The Morgan fingerprint density at radius 3 is 2.33 bits per heavy atom. The molecule has 2 atom stereocenters. The van der Waals surface area contributed by atoms with E-state index >= 15 is 0 Å². The SMILES string of the molecule is CCOC(=O)[C@@H](Oc1ccc(C2OCCO2)cc1)[C@@H](O)c1ccc(OC)c(OC)c1. The standard InChI is InChI=1S/C22H26O8/c1-4-27-21(24)20(19(23)15-7-10-17(25-2)18(13-15)26-3)30-16-8-5-14(6-9-16)22-28-11-12-29-22/h5-10,13,19-20,22-23H,4,11-12H2,1-3H3/t19-,20-/m0/s1. The van der Waals surface area contributed by atoms with Crippen LogP contribution in [0.3, 0.4) is 0 Å². The predicted octanol–water partition coefficient (Wildman–Crippen LogP) is 2.79. The van der Waals surface area contributed by atoms with Crippen molar-refractivity contribution in [2.75, 3.05) is 34.0 Å². The maximum atomic E-state index is 12.5. The molecule has 1 aliphatic rings. The number of ether oxygens (including phenoxy) is 6. The Hall–Kier alpha value is -2.81. The van der Waals surface area contributed by atoms with Crippen LogP contribution in [0.2, 0.25) is 0 Å². The van der Waals surface area contributed by atoms with Crippen molar-refractivity contribution in [3.63, 3.8) is 0 Å². The van der Waals surface area contributed by atoms with E-state index in [0.29, 0.717) is 36.0 Å². The molecule has 0 radical (unpaired) electrons. The Morgan fingerprint density at radius 2 is 1.73 bits per heavy atom. The van der Waals surface area contributed by atoms with Crippen molar-refractivity contribution in [2.45, 2.75) is 25.4 Å². The van der Waals surface area contributed by atoms with E-state index in [9.17, 15) is 9.90 Å². The summed E-state index contributed by atoms with van der Waals surface area (Å²) in [5.74, 6) is 0.659. The molecule has 0 aliphatic carbocycles. The van der Waals surface area contributed by atoms with Gasteiger partial charge < -0.3 is 33.5 Å². The van der Waals surface area contributed by atoms with Gasteiger partial charge in [0, 0.05) is 5.56 Å². The smallest absolute Gasteiger partial charge is 0.350 e. The summed E-state index contributed by atoms with van der Waals surface area (Å²) in [5, 5.41) is 10.9. The lowest BCUT2D eigenvalue weighted by molar-refractivity contribution is -0.157. The molecule has 162 valence electrons. The largest absolute Gasteiger partial charge is 0.493 e. The Labute approximate surface area is 175 Å². The fraction of sp³-hybridized carbons (Fsp3) is 0.409. The summed E-state index contributed by atoms with van der Waals surface area (Å²) in [6.07, 6.45) is -2.96. The molecule has 3 rings (SSSR count). The molecule has 1 fully saturated rings. The van der Waals surface area contributed by atoms with E-state index in [2.05, 4.69) is 0 Å². The Kier molecular flexibility index (Phi) is 7.51. The van der Waals surface area contributed by atoms with Crippen molar-refractivity contribution in [3.8, 4) is 17.2 Å². The van der Waals surface area contributed by atoms with Gasteiger partial charge in [0.15, 0.2) is 17.8 Å². The van der Waals surface area contributed by atoms with Crippen LogP contribution in [0.1, 0.15) is 30.4 Å². The van der Waals surface area contributed by atoms with Gasteiger partial charge in [-0.3, -0.25) is 0 Å². The zero-order chi connectivity index (χ0) is 21.5. The molecule has 1 heterocycles. The second-order valence-corrected chi connectivity index (χ2v) is 6.49. The molecule has 2 aromatic carbocycles. The van der Waals surface area contributed by atoms with E-state index in [4.69, 9.17) is 28.4 Å². The first-order valence-corrected chi connectivity index (χ1v) is 9.63. The van der Waals surface area contributed by atoms with Crippen molar-refractivity contribution in [1.29, 1.82) is 0 Å². The first kappa shape index (κ1) is 21.9. The Bertz CT molecular complexity index is 830. The van der Waals surface area contributed by atoms with Crippen molar-refractivity contribution < 1.29 is 38.3 Å². The predicted molar refractivity (Wildman–Crippen MR) is 107 cm³/mol. The van der Waals surface area contributed by atoms with Crippen LogP contribution in [0.5, 0.6) is 17.2 Å². The van der Waals surface area contributed by atoms with Crippen molar-refractivity contribution in [2.24, 2.45) is 0 Å². The van der Waals surface area contributed by atoms with E-state index in [1.165, 1.54) is 14.2 Å². The molecular weight excluding hydrogens is 392 g/mol. The first-order valence-electron chi connectivity index (χ1n) is 9.63. The number of methoxy groups -OCH3 is 2. The lowest BCUT2D eigenvalue weighted by Crippen LogP contribution is -2.35. The molecule has 0 aromatic heterocycles. The van der Waals surface area contributed by atoms with Gasteiger partial charge >= 0.3 is 5.97 Å². The van der Waals surface area contributed by atoms with Gasteiger partial charge in [-0.1, -0.05) is 18.2 Å². The molecule has 8 nitrogen and oxygen atoms in total. The molecule has 2 aromatic rings. The second kappa shape index (κ2) is 10.3. The zero-order valence-electron chi connectivity index (χ0n) is 17.2. The highest BCUT2D eigenvalue weighted by Crippen LogP contribution is 2.32. The summed E-state index contributed by atoms with van der Waals surface area (Å²) in [6.45, 7) is 2.94. The van der Waals surface area contributed by atoms with Gasteiger partial charge in [0.25, 0.3) is 0 Å². The Balaban J connectivity index is 1.81. The minimum atomic E-state index is -1.29. The summed E-state index contributed by atoms with van der Waals surface area (Å²) in [6, 6.07) is 11.8. The summed E-state index contributed by atoms with van der Waals surface area (Å²) in [4.78, 5) is 12.5. The summed E-state index contributed by atoms with van der Waals surface area (Å²) >= 11 is 0. The highest BCUT2D eigenvalue weighted by molar-refractivity contribution is 5.76. The maximum Gasteiger partial charge on any atom is 0.350 e. The van der Waals surface area contributed by atoms with E-state index in [1.54, 1.807) is 49.4 Å². The monoisotopic (exact) mass is 418 g/mol. The van der Waals surface area contributed by atoms with Gasteiger partial charge in [-0.2, -0.15) is 0 Å². The van der Waals surface area contributed by atoms with Gasteiger partial charge in [0.1, 0.15) is 11.9 Å². The minimum Gasteiger partial charge on any atom is -0.493 e. The van der Waals surface area contributed by atoms with Crippen molar-refractivity contribution >= 4 is 5.97 Å². The number of benzene rings is 2. The van der Waals surface area contributed by atoms with E-state index < -0.39 is 24.5 Å². The zero-order valence-corrected chi connectivity index (χ0v) is 17.2. The third-order valence-electron chi connectivity index (χ3n) is 4.59. The molecule has 0 spiro atoms. The average molecular weight is 418 g/mol. The first-order chi connectivity index (χ1) is 14.6. The topological polar surface area (TPSA) is 92.7 Å². The highest BCUT2D eigenvalue weighted by atomic mass is 16.7. The molecule has 0 amide bonds. The molecule has 1 N–H and O–H groups in total. The van der Waals surface area contributed by atoms with E-state index in [-0.39, 0.29) is 6.61 Å². The molecule has 0 bridgehead atoms. The van der Waals surface area contributed by atoms with Crippen LogP contribution in [-0.2, 0) is 19.0 Å². The van der Waals surface area contributed by atoms with Gasteiger partial charge in [-0.05, 0) is 36.8 Å². The highest BCUT2D eigenvalue weighted by Gasteiger charge is 2.32. The fourth-order valence-corrected chi connectivity index (χ4v) is 3.08. The summed E-state index contributed by atoms with van der Waals surface area (Å²) < 4.78 is 32.3. The molecule has 1 aliphatic heterocycles. The van der Waals surface area contributed by atoms with Crippen LogP contribution in [0.25, 0.3) is 0 Å². The van der Waals surface area contributed by atoms with Gasteiger partial charge in [-0.25, -0.2) is 4.79 Å². The lowest BCUT2D eigenvalue weighted by atomic mass is 10.0. The van der Waals surface area contributed by atoms with Crippen LogP contribution >= 0.6 is 0 Å². The molecule has 1 saturated heterocycles. The third-order valence-corrected chi connectivity index (χ3v) is 4.59. The fourth-order valence-electron chi connectivity index (χ4n) is 3.08. The maximum absolute atomic E-state index is 12.5. The van der Waals surface area contributed by atoms with E-state index in [0.717, 1.165) is 5.56 Å². The number of carbonyl (C=O) groups excluding carboxylic acids is 1. The van der Waals surface area contributed by atoms with Gasteiger partial charge in [0.05, 0.1) is 34.0 Å².